The molecular formula is C12H15ClF3N3O. The molecule has 8 heteroatoms. The van der Waals surface area contributed by atoms with Gasteiger partial charge in [-0.1, -0.05) is 12.8 Å². The van der Waals surface area contributed by atoms with Crippen molar-refractivity contribution in [3.05, 3.63) is 17.0 Å². The standard InChI is InChI=1S/C12H15ClF3N3O/c13-11-18-9(12(14,15)16)7-10(19-11)17-5-6-20-8-3-1-2-4-8/h7-8H,1-6H2,(H,17,18,19). The van der Waals surface area contributed by atoms with Crippen LogP contribution in [0.15, 0.2) is 6.07 Å². The molecule has 2 rings (SSSR count). The van der Waals surface area contributed by atoms with Crippen LogP contribution in [-0.4, -0.2) is 29.2 Å². The summed E-state index contributed by atoms with van der Waals surface area (Å²) in [6.07, 6.45) is 0.193. The van der Waals surface area contributed by atoms with E-state index in [0.717, 1.165) is 18.9 Å². The molecule has 0 amide bonds. The molecule has 1 fully saturated rings. The first-order valence-corrected chi connectivity index (χ1v) is 6.80. The highest BCUT2D eigenvalue weighted by Crippen LogP contribution is 2.29. The minimum absolute atomic E-state index is 0.0485. The summed E-state index contributed by atoms with van der Waals surface area (Å²) >= 11 is 5.48. The van der Waals surface area contributed by atoms with Gasteiger partial charge in [0.2, 0.25) is 5.28 Å². The lowest BCUT2D eigenvalue weighted by molar-refractivity contribution is -0.141. The van der Waals surface area contributed by atoms with E-state index in [4.69, 9.17) is 16.3 Å². The average Bonchev–Trinajstić information content (AvgIpc) is 2.86. The number of hydrogen-bond acceptors (Lipinski definition) is 4. The summed E-state index contributed by atoms with van der Waals surface area (Å²) in [5, 5.41) is 2.33. The maximum atomic E-state index is 12.5. The van der Waals surface area contributed by atoms with Crippen LogP contribution >= 0.6 is 11.6 Å². The van der Waals surface area contributed by atoms with Crippen LogP contribution in [0.5, 0.6) is 0 Å². The Balaban J connectivity index is 1.84. The van der Waals surface area contributed by atoms with Crippen LogP contribution in [-0.2, 0) is 10.9 Å². The Morgan fingerprint density at radius 3 is 2.65 bits per heavy atom. The molecule has 1 aliphatic rings. The fourth-order valence-corrected chi connectivity index (χ4v) is 2.30. The number of nitrogens with zero attached hydrogens (tertiary/aromatic N) is 2. The predicted molar refractivity (Wildman–Crippen MR) is 68.7 cm³/mol. The molecule has 1 N–H and O–H groups in total. The maximum absolute atomic E-state index is 12.5. The van der Waals surface area contributed by atoms with Gasteiger partial charge < -0.3 is 10.1 Å². The lowest BCUT2D eigenvalue weighted by atomic mass is 10.3. The quantitative estimate of drug-likeness (QED) is 0.668. The number of nitrogens with one attached hydrogen (secondary N) is 1. The second-order valence-electron chi connectivity index (χ2n) is 4.61. The van der Waals surface area contributed by atoms with Gasteiger partial charge in [0, 0.05) is 12.6 Å². The van der Waals surface area contributed by atoms with Crippen molar-refractivity contribution >= 4 is 17.4 Å². The first-order valence-electron chi connectivity index (χ1n) is 6.42. The number of alkyl halides is 3. The van der Waals surface area contributed by atoms with Crippen LogP contribution < -0.4 is 5.32 Å². The summed E-state index contributed by atoms with van der Waals surface area (Å²) in [6, 6.07) is 0.835. The lowest BCUT2D eigenvalue weighted by Crippen LogP contribution is -2.17. The predicted octanol–water partition coefficient (Wildman–Crippen LogP) is 3.52. The number of halogens is 4. The Labute approximate surface area is 119 Å². The Morgan fingerprint density at radius 1 is 1.30 bits per heavy atom. The molecule has 1 heterocycles. The highest BCUT2D eigenvalue weighted by Gasteiger charge is 2.33. The second-order valence-corrected chi connectivity index (χ2v) is 4.95. The van der Waals surface area contributed by atoms with Gasteiger partial charge in [-0.2, -0.15) is 13.2 Å². The topological polar surface area (TPSA) is 47.0 Å². The molecule has 4 nitrogen and oxygen atoms in total. The van der Waals surface area contributed by atoms with Crippen LogP contribution in [0.25, 0.3) is 0 Å². The van der Waals surface area contributed by atoms with E-state index >= 15 is 0 Å². The molecule has 0 aliphatic heterocycles. The molecule has 0 unspecified atom stereocenters. The van der Waals surface area contributed by atoms with E-state index in [1.165, 1.54) is 12.8 Å². The zero-order chi connectivity index (χ0) is 14.6. The monoisotopic (exact) mass is 309 g/mol. The van der Waals surface area contributed by atoms with Crippen molar-refractivity contribution in [2.75, 3.05) is 18.5 Å². The summed E-state index contributed by atoms with van der Waals surface area (Å²) in [5.41, 5.74) is -1.06. The van der Waals surface area contributed by atoms with E-state index in [1.807, 2.05) is 0 Å². The van der Waals surface area contributed by atoms with Crippen molar-refractivity contribution in [3.8, 4) is 0 Å². The van der Waals surface area contributed by atoms with E-state index in [0.29, 0.717) is 13.2 Å². The first kappa shape index (κ1) is 15.3. The van der Waals surface area contributed by atoms with Gasteiger partial charge in [-0.3, -0.25) is 0 Å². The number of aromatic nitrogens is 2. The summed E-state index contributed by atoms with van der Waals surface area (Å²) in [7, 11) is 0. The smallest absolute Gasteiger partial charge is 0.376 e. The maximum Gasteiger partial charge on any atom is 0.433 e. The number of rotatable bonds is 5. The van der Waals surface area contributed by atoms with Gasteiger partial charge in [-0.05, 0) is 24.4 Å². The molecule has 1 aromatic rings. The van der Waals surface area contributed by atoms with E-state index in [2.05, 4.69) is 15.3 Å². The third kappa shape index (κ3) is 4.49. The zero-order valence-corrected chi connectivity index (χ0v) is 11.5. The molecule has 0 radical (unpaired) electrons. The highest BCUT2D eigenvalue weighted by atomic mass is 35.5. The van der Waals surface area contributed by atoms with Crippen molar-refractivity contribution in [2.45, 2.75) is 38.0 Å². The summed E-state index contributed by atoms with van der Waals surface area (Å²) in [4.78, 5) is 6.86. The van der Waals surface area contributed by atoms with Gasteiger partial charge in [0.1, 0.15) is 5.82 Å². The van der Waals surface area contributed by atoms with Gasteiger partial charge in [0.05, 0.1) is 12.7 Å². The van der Waals surface area contributed by atoms with Crippen molar-refractivity contribution < 1.29 is 17.9 Å². The Morgan fingerprint density at radius 2 is 2.00 bits per heavy atom. The zero-order valence-electron chi connectivity index (χ0n) is 10.7. The van der Waals surface area contributed by atoms with Gasteiger partial charge in [-0.25, -0.2) is 9.97 Å². The Hall–Kier alpha value is -1.08. The van der Waals surface area contributed by atoms with E-state index in [9.17, 15) is 13.2 Å². The third-order valence-corrected chi connectivity index (χ3v) is 3.22. The van der Waals surface area contributed by atoms with Crippen molar-refractivity contribution in [2.24, 2.45) is 0 Å². The fraction of sp³-hybridized carbons (Fsp3) is 0.667. The summed E-state index contributed by atoms with van der Waals surface area (Å²) < 4.78 is 43.2. The lowest BCUT2D eigenvalue weighted by Gasteiger charge is -2.12. The van der Waals surface area contributed by atoms with Crippen LogP contribution in [0, 0.1) is 0 Å². The van der Waals surface area contributed by atoms with Gasteiger partial charge >= 0.3 is 6.18 Å². The van der Waals surface area contributed by atoms with Gasteiger partial charge in [-0.15, -0.1) is 0 Å². The number of ether oxygens (including phenoxy) is 1. The number of hydrogen-bond donors (Lipinski definition) is 1. The average molecular weight is 310 g/mol. The summed E-state index contributed by atoms with van der Waals surface area (Å²) in [5.74, 6) is 0.0485. The van der Waals surface area contributed by atoms with E-state index in [1.54, 1.807) is 0 Å². The molecule has 1 aliphatic carbocycles. The number of anilines is 1. The molecule has 112 valence electrons. The second kappa shape index (κ2) is 6.58. The third-order valence-electron chi connectivity index (χ3n) is 3.05. The van der Waals surface area contributed by atoms with Crippen molar-refractivity contribution in [3.63, 3.8) is 0 Å². The fourth-order valence-electron chi connectivity index (χ4n) is 2.11. The first-order chi connectivity index (χ1) is 9.45. The molecule has 0 atom stereocenters. The minimum atomic E-state index is -4.54. The highest BCUT2D eigenvalue weighted by molar-refractivity contribution is 6.28. The van der Waals surface area contributed by atoms with Crippen molar-refractivity contribution in [1.29, 1.82) is 0 Å². The molecule has 20 heavy (non-hydrogen) atoms. The van der Waals surface area contributed by atoms with Gasteiger partial charge in [0.25, 0.3) is 0 Å². The molecule has 0 spiro atoms. The Kier molecular flexibility index (Phi) is 5.04. The molecule has 0 aromatic carbocycles. The van der Waals surface area contributed by atoms with Crippen LogP contribution in [0.2, 0.25) is 5.28 Å². The Bertz CT molecular complexity index is 450. The van der Waals surface area contributed by atoms with Crippen LogP contribution in [0.1, 0.15) is 31.4 Å². The van der Waals surface area contributed by atoms with Crippen molar-refractivity contribution in [1.82, 2.24) is 9.97 Å². The van der Waals surface area contributed by atoms with Crippen LogP contribution in [0.4, 0.5) is 19.0 Å². The molecule has 0 bridgehead atoms. The molecule has 0 saturated heterocycles. The normalized spacial score (nSPS) is 16.6. The minimum Gasteiger partial charge on any atom is -0.376 e. The van der Waals surface area contributed by atoms with Crippen LogP contribution in [0.3, 0.4) is 0 Å². The van der Waals surface area contributed by atoms with E-state index < -0.39 is 17.2 Å². The van der Waals surface area contributed by atoms with Gasteiger partial charge in [0.15, 0.2) is 5.69 Å². The van der Waals surface area contributed by atoms with E-state index in [-0.39, 0.29) is 11.9 Å². The molecule has 1 aromatic heterocycles. The molecule has 1 saturated carbocycles. The SMILES string of the molecule is FC(F)(F)c1cc(NCCOC2CCCC2)nc(Cl)n1. The molecular weight excluding hydrogens is 295 g/mol. The summed E-state index contributed by atoms with van der Waals surface area (Å²) in [6.45, 7) is 0.800. The largest absolute Gasteiger partial charge is 0.433 e.